The maximum absolute atomic E-state index is 11.1. The highest BCUT2D eigenvalue weighted by molar-refractivity contribution is 5.95. The van der Waals surface area contributed by atoms with Gasteiger partial charge in [-0.05, 0) is 42.7 Å². The molecule has 26 heavy (non-hydrogen) atoms. The number of hydrogen-bond donors (Lipinski definition) is 1. The number of benzene rings is 2. The van der Waals surface area contributed by atoms with Crippen LogP contribution in [-0.2, 0) is 11.2 Å². The van der Waals surface area contributed by atoms with Gasteiger partial charge in [0.15, 0.2) is 0 Å². The van der Waals surface area contributed by atoms with Crippen LogP contribution in [0, 0.1) is 11.3 Å². The van der Waals surface area contributed by atoms with E-state index in [4.69, 9.17) is 15.8 Å². The Bertz CT molecular complexity index is 997. The molecule has 0 saturated heterocycles. The van der Waals surface area contributed by atoms with Crippen molar-refractivity contribution >= 4 is 16.8 Å². The molecule has 5 heteroatoms. The molecule has 1 amide bonds. The van der Waals surface area contributed by atoms with Crippen LogP contribution in [0.25, 0.3) is 10.9 Å². The summed E-state index contributed by atoms with van der Waals surface area (Å²) in [5.41, 5.74) is 8.17. The Morgan fingerprint density at radius 2 is 2.04 bits per heavy atom. The summed E-state index contributed by atoms with van der Waals surface area (Å²) in [6.07, 6.45) is 3.82. The Kier molecular flexibility index (Phi) is 5.04. The normalized spacial score (nSPS) is 12.5. The molecule has 5 nitrogen and oxygen atoms in total. The molecule has 1 aromatic heterocycles. The molecule has 0 fully saturated rings. The third kappa shape index (κ3) is 3.76. The molecule has 3 aromatic rings. The summed E-state index contributed by atoms with van der Waals surface area (Å²) in [6, 6.07) is 19.7. The first-order valence-corrected chi connectivity index (χ1v) is 8.30. The van der Waals surface area contributed by atoms with Crippen LogP contribution in [0.3, 0.4) is 0 Å². The second-order valence-corrected chi connectivity index (χ2v) is 5.99. The number of carbonyl (C=O) groups excluding carboxylic acids is 1. The fourth-order valence-corrected chi connectivity index (χ4v) is 2.76. The van der Waals surface area contributed by atoms with Crippen LogP contribution < -0.4 is 10.6 Å². The van der Waals surface area contributed by atoms with Gasteiger partial charge >= 0.3 is 0 Å². The minimum absolute atomic E-state index is 0.0253. The average Bonchev–Trinajstić information content (AvgIpc) is 3.05. The smallest absolute Gasteiger partial charge is 0.259 e. The van der Waals surface area contributed by atoms with Crippen molar-refractivity contribution in [2.45, 2.75) is 19.4 Å². The summed E-state index contributed by atoms with van der Waals surface area (Å²) in [7, 11) is 0. The van der Waals surface area contributed by atoms with E-state index in [-0.39, 0.29) is 11.7 Å². The number of amides is 1. The summed E-state index contributed by atoms with van der Waals surface area (Å²) in [5, 5.41) is 9.91. The first-order valence-electron chi connectivity index (χ1n) is 8.30. The number of rotatable bonds is 6. The Morgan fingerprint density at radius 3 is 2.73 bits per heavy atom. The molecule has 2 aromatic carbocycles. The summed E-state index contributed by atoms with van der Waals surface area (Å²) < 4.78 is 1.76. The van der Waals surface area contributed by atoms with Crippen LogP contribution in [0.4, 0.5) is 0 Å². The third-order valence-corrected chi connectivity index (χ3v) is 4.19. The van der Waals surface area contributed by atoms with E-state index in [0.717, 1.165) is 22.0 Å². The number of primary amides is 1. The molecule has 0 radical (unpaired) electrons. The number of aromatic nitrogens is 1. The van der Waals surface area contributed by atoms with Gasteiger partial charge in [0.2, 0.25) is 0 Å². The molecule has 2 N–H and O–H groups in total. The van der Waals surface area contributed by atoms with E-state index in [1.807, 2.05) is 73.8 Å². The van der Waals surface area contributed by atoms with Crippen LogP contribution in [-0.4, -0.2) is 10.6 Å². The van der Waals surface area contributed by atoms with Crippen molar-refractivity contribution in [3.8, 4) is 6.07 Å². The van der Waals surface area contributed by atoms with E-state index >= 15 is 0 Å². The Hall–Kier alpha value is -3.52. The Labute approximate surface area is 151 Å². The topological polar surface area (TPSA) is 81.0 Å². The molecule has 1 atom stereocenters. The quantitative estimate of drug-likeness (QED) is 0.550. The summed E-state index contributed by atoms with van der Waals surface area (Å²) in [5.74, 6) is -0.706. The van der Waals surface area contributed by atoms with Crippen molar-refractivity contribution in [2.75, 3.05) is 0 Å². The minimum atomic E-state index is -0.706. The number of allylic oxidation sites excluding steroid dienone is 1. The van der Waals surface area contributed by atoms with E-state index in [1.54, 1.807) is 10.8 Å². The van der Waals surface area contributed by atoms with Gasteiger partial charge in [-0.3, -0.25) is 4.79 Å². The Balaban J connectivity index is 1.79. The fraction of sp³-hybridized carbons (Fsp3) is 0.143. The lowest BCUT2D eigenvalue weighted by Gasteiger charge is -2.16. The van der Waals surface area contributed by atoms with Gasteiger partial charge in [0.25, 0.3) is 5.91 Å². The highest BCUT2D eigenvalue weighted by atomic mass is 16.7. The van der Waals surface area contributed by atoms with Crippen LogP contribution in [0.1, 0.15) is 24.2 Å². The van der Waals surface area contributed by atoms with Crippen LogP contribution in [0.5, 0.6) is 0 Å². The predicted molar refractivity (Wildman–Crippen MR) is 100.0 cm³/mol. The largest absolute Gasteiger partial charge is 0.406 e. The van der Waals surface area contributed by atoms with E-state index < -0.39 is 5.91 Å². The maximum atomic E-state index is 11.1. The summed E-state index contributed by atoms with van der Waals surface area (Å²) >= 11 is 0. The van der Waals surface area contributed by atoms with Crippen molar-refractivity contribution in [3.05, 3.63) is 83.6 Å². The van der Waals surface area contributed by atoms with E-state index in [2.05, 4.69) is 0 Å². The molecule has 1 heterocycles. The van der Waals surface area contributed by atoms with Crippen LogP contribution >= 0.6 is 0 Å². The van der Waals surface area contributed by atoms with Crippen LogP contribution in [0.2, 0.25) is 0 Å². The first kappa shape index (κ1) is 17.3. The van der Waals surface area contributed by atoms with Crippen molar-refractivity contribution in [1.29, 1.82) is 5.26 Å². The van der Waals surface area contributed by atoms with Crippen molar-refractivity contribution in [2.24, 2.45) is 5.73 Å². The lowest BCUT2D eigenvalue weighted by molar-refractivity contribution is -0.114. The SMILES string of the molecule is CC(On1ccc2cc(CC=C(C#N)C(N)=O)ccc21)c1ccccc1. The Morgan fingerprint density at radius 1 is 1.27 bits per heavy atom. The van der Waals surface area contributed by atoms with Gasteiger partial charge in [-0.25, -0.2) is 0 Å². The van der Waals surface area contributed by atoms with Gasteiger partial charge in [0.05, 0.1) is 5.52 Å². The first-order chi connectivity index (χ1) is 12.6. The van der Waals surface area contributed by atoms with E-state index in [0.29, 0.717) is 6.42 Å². The van der Waals surface area contributed by atoms with E-state index in [1.165, 1.54) is 0 Å². The van der Waals surface area contributed by atoms with Gasteiger partial charge in [-0.2, -0.15) is 9.99 Å². The fourth-order valence-electron chi connectivity index (χ4n) is 2.76. The highest BCUT2D eigenvalue weighted by Crippen LogP contribution is 2.20. The van der Waals surface area contributed by atoms with E-state index in [9.17, 15) is 4.79 Å². The molecule has 0 aliphatic rings. The summed E-state index contributed by atoms with van der Waals surface area (Å²) in [4.78, 5) is 17.1. The predicted octanol–water partition coefficient (Wildman–Crippen LogP) is 3.31. The van der Waals surface area contributed by atoms with Crippen molar-refractivity contribution in [1.82, 2.24) is 4.73 Å². The monoisotopic (exact) mass is 345 g/mol. The van der Waals surface area contributed by atoms with Gasteiger partial charge < -0.3 is 10.6 Å². The second-order valence-electron chi connectivity index (χ2n) is 5.99. The van der Waals surface area contributed by atoms with Gasteiger partial charge in [0, 0.05) is 11.6 Å². The highest BCUT2D eigenvalue weighted by Gasteiger charge is 2.09. The minimum Gasteiger partial charge on any atom is -0.406 e. The molecule has 1 unspecified atom stereocenters. The third-order valence-electron chi connectivity index (χ3n) is 4.19. The molecule has 0 aliphatic heterocycles. The lowest BCUT2D eigenvalue weighted by Crippen LogP contribution is -2.14. The zero-order valence-corrected chi connectivity index (χ0v) is 14.4. The number of fused-ring (bicyclic) bond motifs is 1. The molecule has 130 valence electrons. The average molecular weight is 345 g/mol. The molecule has 3 rings (SSSR count). The maximum Gasteiger partial charge on any atom is 0.259 e. The number of carbonyl (C=O) groups is 1. The molecular formula is C21H19N3O2. The van der Waals surface area contributed by atoms with Gasteiger partial charge in [-0.15, -0.1) is 0 Å². The summed E-state index contributed by atoms with van der Waals surface area (Å²) in [6.45, 7) is 2.01. The lowest BCUT2D eigenvalue weighted by atomic mass is 10.1. The molecular weight excluding hydrogens is 326 g/mol. The van der Waals surface area contributed by atoms with Crippen LogP contribution in [0.15, 0.2) is 72.4 Å². The molecule has 0 spiro atoms. The number of nitrogens with zero attached hydrogens (tertiary/aromatic N) is 2. The zero-order valence-electron chi connectivity index (χ0n) is 14.4. The number of hydrogen-bond acceptors (Lipinski definition) is 3. The zero-order chi connectivity index (χ0) is 18.5. The second kappa shape index (κ2) is 7.58. The van der Waals surface area contributed by atoms with Gasteiger partial charge in [0.1, 0.15) is 17.7 Å². The number of nitriles is 1. The van der Waals surface area contributed by atoms with Gasteiger partial charge in [-0.1, -0.05) is 42.5 Å². The number of nitrogens with two attached hydrogens (primary N) is 1. The standard InChI is InChI=1S/C21H19N3O2/c1-15(17-5-3-2-4-6-17)26-24-12-11-18-13-16(8-10-20(18)24)7-9-19(14-22)21(23)25/h2-6,8-13,15H,7H2,1H3,(H2,23,25). The molecule has 0 bridgehead atoms. The van der Waals surface area contributed by atoms with Crippen molar-refractivity contribution < 1.29 is 9.63 Å². The molecule has 0 aliphatic carbocycles. The molecule has 0 saturated carbocycles. The van der Waals surface area contributed by atoms with Crippen molar-refractivity contribution in [3.63, 3.8) is 0 Å².